The molecule has 2 aromatic carbocycles. The molecule has 0 atom stereocenters. The van der Waals surface area contributed by atoms with Gasteiger partial charge < -0.3 is 14.4 Å². The molecule has 6 nitrogen and oxygen atoms in total. The van der Waals surface area contributed by atoms with Gasteiger partial charge in [0.15, 0.2) is 0 Å². The van der Waals surface area contributed by atoms with Gasteiger partial charge >= 0.3 is 0 Å². The standard InChI is InChI=1S/C21H20N2O4/c24-19-16-6-2-3-7-17(16)20(25)23(19)14-21(26-11-12-27-21)13-22-10-9-15-5-1-4-8-18(15)22/h1-8H,9-14H2. The van der Waals surface area contributed by atoms with E-state index < -0.39 is 5.79 Å². The lowest BCUT2D eigenvalue weighted by atomic mass is 10.1. The normalized spacial score (nSPS) is 20.3. The van der Waals surface area contributed by atoms with Gasteiger partial charge in [-0.3, -0.25) is 14.5 Å². The summed E-state index contributed by atoms with van der Waals surface area (Å²) in [4.78, 5) is 29.0. The molecule has 3 heterocycles. The molecule has 0 aliphatic carbocycles. The smallest absolute Gasteiger partial charge is 0.261 e. The summed E-state index contributed by atoms with van der Waals surface area (Å²) in [7, 11) is 0. The molecule has 2 aromatic rings. The Morgan fingerprint density at radius 3 is 2.19 bits per heavy atom. The number of benzene rings is 2. The highest BCUT2D eigenvalue weighted by Gasteiger charge is 2.46. The van der Waals surface area contributed by atoms with Gasteiger partial charge in [0, 0.05) is 12.2 Å². The molecule has 5 rings (SSSR count). The molecule has 0 aromatic heterocycles. The van der Waals surface area contributed by atoms with Crippen molar-refractivity contribution in [1.29, 1.82) is 0 Å². The molecule has 0 spiro atoms. The number of nitrogens with zero attached hydrogens (tertiary/aromatic N) is 2. The Morgan fingerprint density at radius 2 is 1.48 bits per heavy atom. The van der Waals surface area contributed by atoms with Crippen LogP contribution in [0.4, 0.5) is 5.69 Å². The lowest BCUT2D eigenvalue weighted by Gasteiger charge is -2.35. The maximum Gasteiger partial charge on any atom is 0.261 e. The van der Waals surface area contributed by atoms with Crippen molar-refractivity contribution < 1.29 is 19.1 Å². The van der Waals surface area contributed by atoms with E-state index in [2.05, 4.69) is 17.0 Å². The van der Waals surface area contributed by atoms with Crippen LogP contribution in [0.15, 0.2) is 48.5 Å². The number of amides is 2. The molecule has 0 bridgehead atoms. The van der Waals surface area contributed by atoms with Crippen LogP contribution in [0, 0.1) is 0 Å². The maximum absolute atomic E-state index is 12.8. The van der Waals surface area contributed by atoms with E-state index in [0.717, 1.165) is 13.0 Å². The van der Waals surface area contributed by atoms with Gasteiger partial charge in [0.25, 0.3) is 11.8 Å². The fourth-order valence-electron chi connectivity index (χ4n) is 4.21. The van der Waals surface area contributed by atoms with Crippen molar-refractivity contribution in [2.24, 2.45) is 0 Å². The van der Waals surface area contributed by atoms with E-state index in [9.17, 15) is 9.59 Å². The number of hydrogen-bond donors (Lipinski definition) is 0. The Labute approximate surface area is 157 Å². The molecule has 3 aliphatic rings. The van der Waals surface area contributed by atoms with Gasteiger partial charge in [0.1, 0.15) is 0 Å². The third-order valence-corrected chi connectivity index (χ3v) is 5.51. The van der Waals surface area contributed by atoms with Crippen molar-refractivity contribution in [3.63, 3.8) is 0 Å². The van der Waals surface area contributed by atoms with Gasteiger partial charge in [-0.25, -0.2) is 0 Å². The Bertz CT molecular complexity index is 885. The first-order valence-electron chi connectivity index (χ1n) is 9.23. The summed E-state index contributed by atoms with van der Waals surface area (Å²) in [5.41, 5.74) is 3.36. The molecule has 0 radical (unpaired) electrons. The molecule has 0 unspecified atom stereocenters. The van der Waals surface area contributed by atoms with E-state index in [1.54, 1.807) is 24.3 Å². The van der Waals surface area contributed by atoms with Crippen LogP contribution in [0.3, 0.4) is 0 Å². The Kier molecular flexibility index (Phi) is 3.77. The van der Waals surface area contributed by atoms with Gasteiger partial charge in [-0.1, -0.05) is 30.3 Å². The monoisotopic (exact) mass is 364 g/mol. The first kappa shape index (κ1) is 16.5. The summed E-state index contributed by atoms with van der Waals surface area (Å²) in [5.74, 6) is -1.56. The molecular formula is C21H20N2O4. The zero-order valence-corrected chi connectivity index (χ0v) is 14.9. The predicted octanol–water partition coefficient (Wildman–Crippen LogP) is 2.09. The molecule has 1 saturated heterocycles. The van der Waals surface area contributed by atoms with Crippen LogP contribution in [-0.4, -0.2) is 55.3 Å². The molecule has 27 heavy (non-hydrogen) atoms. The van der Waals surface area contributed by atoms with Crippen LogP contribution in [-0.2, 0) is 15.9 Å². The van der Waals surface area contributed by atoms with Crippen LogP contribution in [0.25, 0.3) is 0 Å². The molecule has 138 valence electrons. The van der Waals surface area contributed by atoms with E-state index in [1.165, 1.54) is 16.2 Å². The summed E-state index contributed by atoms with van der Waals surface area (Å²) in [6, 6.07) is 15.2. The first-order chi connectivity index (χ1) is 13.2. The quantitative estimate of drug-likeness (QED) is 0.778. The van der Waals surface area contributed by atoms with Crippen LogP contribution in [0.2, 0.25) is 0 Å². The zero-order valence-electron chi connectivity index (χ0n) is 14.9. The van der Waals surface area contributed by atoms with Crippen molar-refractivity contribution >= 4 is 17.5 Å². The van der Waals surface area contributed by atoms with E-state index in [4.69, 9.17) is 9.47 Å². The number of imide groups is 1. The first-order valence-corrected chi connectivity index (χ1v) is 9.23. The lowest BCUT2D eigenvalue weighted by molar-refractivity contribution is -0.154. The summed E-state index contributed by atoms with van der Waals surface area (Å²) in [5, 5.41) is 0. The second-order valence-electron chi connectivity index (χ2n) is 7.15. The number of hydrogen-bond acceptors (Lipinski definition) is 5. The minimum absolute atomic E-state index is 0.0953. The fourth-order valence-corrected chi connectivity index (χ4v) is 4.21. The number of anilines is 1. The summed E-state index contributed by atoms with van der Waals surface area (Å²) in [6.45, 7) is 2.36. The molecule has 6 heteroatoms. The number of carbonyl (C=O) groups is 2. The minimum Gasteiger partial charge on any atom is -0.365 e. The Morgan fingerprint density at radius 1 is 0.852 bits per heavy atom. The number of para-hydroxylation sites is 1. The van der Waals surface area contributed by atoms with Crippen molar-refractivity contribution in [3.05, 3.63) is 65.2 Å². The molecule has 0 N–H and O–H groups in total. The van der Waals surface area contributed by atoms with E-state index in [1.807, 2.05) is 12.1 Å². The third kappa shape index (κ3) is 2.64. The van der Waals surface area contributed by atoms with E-state index in [0.29, 0.717) is 30.9 Å². The highest BCUT2D eigenvalue weighted by atomic mass is 16.7. The van der Waals surface area contributed by atoms with Crippen molar-refractivity contribution in [2.75, 3.05) is 37.7 Å². The maximum atomic E-state index is 12.8. The minimum atomic E-state index is -0.995. The number of fused-ring (bicyclic) bond motifs is 2. The Hall–Kier alpha value is -2.70. The van der Waals surface area contributed by atoms with Gasteiger partial charge in [-0.15, -0.1) is 0 Å². The largest absolute Gasteiger partial charge is 0.365 e. The number of carbonyl (C=O) groups excluding carboxylic acids is 2. The van der Waals surface area contributed by atoms with Crippen LogP contribution in [0.5, 0.6) is 0 Å². The fraction of sp³-hybridized carbons (Fsp3) is 0.333. The summed E-state index contributed by atoms with van der Waals surface area (Å²) >= 11 is 0. The average molecular weight is 364 g/mol. The van der Waals surface area contributed by atoms with E-state index >= 15 is 0 Å². The van der Waals surface area contributed by atoms with Gasteiger partial charge in [-0.05, 0) is 30.2 Å². The number of ether oxygens (including phenoxy) is 2. The molecule has 2 amide bonds. The molecule has 3 aliphatic heterocycles. The van der Waals surface area contributed by atoms with Gasteiger partial charge in [0.2, 0.25) is 5.79 Å². The summed E-state index contributed by atoms with van der Waals surface area (Å²) < 4.78 is 11.9. The van der Waals surface area contributed by atoms with E-state index in [-0.39, 0.29) is 18.4 Å². The third-order valence-electron chi connectivity index (χ3n) is 5.51. The topological polar surface area (TPSA) is 59.1 Å². The van der Waals surface area contributed by atoms with Crippen LogP contribution in [0.1, 0.15) is 26.3 Å². The van der Waals surface area contributed by atoms with Crippen molar-refractivity contribution in [3.8, 4) is 0 Å². The van der Waals surface area contributed by atoms with Crippen molar-refractivity contribution in [2.45, 2.75) is 12.2 Å². The second kappa shape index (κ2) is 6.18. The van der Waals surface area contributed by atoms with Crippen LogP contribution >= 0.6 is 0 Å². The second-order valence-corrected chi connectivity index (χ2v) is 7.15. The highest BCUT2D eigenvalue weighted by molar-refractivity contribution is 6.21. The number of rotatable bonds is 4. The highest BCUT2D eigenvalue weighted by Crippen LogP contribution is 2.33. The zero-order chi connectivity index (χ0) is 18.4. The molecular weight excluding hydrogens is 344 g/mol. The van der Waals surface area contributed by atoms with Crippen LogP contribution < -0.4 is 4.90 Å². The lowest BCUT2D eigenvalue weighted by Crippen LogP contribution is -2.53. The summed E-state index contributed by atoms with van der Waals surface area (Å²) in [6.07, 6.45) is 0.971. The molecule has 1 fully saturated rings. The van der Waals surface area contributed by atoms with Crippen molar-refractivity contribution in [1.82, 2.24) is 4.90 Å². The Balaban J connectivity index is 1.41. The predicted molar refractivity (Wildman–Crippen MR) is 98.8 cm³/mol. The average Bonchev–Trinajstić information content (AvgIpc) is 3.38. The van der Waals surface area contributed by atoms with Gasteiger partial charge in [0.05, 0.1) is 37.4 Å². The van der Waals surface area contributed by atoms with Gasteiger partial charge in [-0.2, -0.15) is 0 Å². The SMILES string of the molecule is O=C1c2ccccc2C(=O)N1CC1(CN2CCc3ccccc32)OCCO1. The molecule has 0 saturated carbocycles.